The maximum absolute atomic E-state index is 11.6. The number of hydrogen-bond donors (Lipinski definition) is 1. The Morgan fingerprint density at radius 3 is 1.40 bits per heavy atom. The van der Waals surface area contributed by atoms with Gasteiger partial charge in [-0.1, -0.05) is 0 Å². The monoisotopic (exact) mass is 298 g/mol. The Balaban J connectivity index is 2.94. The van der Waals surface area contributed by atoms with Gasteiger partial charge in [-0.15, -0.1) is 0 Å². The molecule has 0 saturated heterocycles. The minimum Gasteiger partial charge on any atom is -0.480 e. The highest BCUT2D eigenvalue weighted by molar-refractivity contribution is 5.67. The Kier molecular flexibility index (Phi) is 15.6. The van der Waals surface area contributed by atoms with Crippen LogP contribution in [0.5, 0.6) is 0 Å². The molecule has 0 heterocycles. The molecule has 0 saturated carbocycles. The smallest absolute Gasteiger partial charge is 0.329 e. The number of carboxylic acid groups (broad SMARTS) is 1. The fourth-order valence-electron chi connectivity index (χ4n) is 1.09. The molecule has 20 heavy (non-hydrogen) atoms. The molecule has 0 atom stereocenters. The van der Waals surface area contributed by atoms with Gasteiger partial charge in [-0.2, -0.15) is 0 Å². The molecule has 0 fully saturated rings. The lowest BCUT2D eigenvalue weighted by Gasteiger charge is -2.07. The van der Waals surface area contributed by atoms with Gasteiger partial charge in [0.2, 0.25) is 0 Å². The Morgan fingerprint density at radius 2 is 1.05 bits per heavy atom. The minimum atomic E-state index is -0.997. The van der Waals surface area contributed by atoms with Crippen LogP contribution in [0.15, 0.2) is 0 Å². The van der Waals surface area contributed by atoms with Crippen molar-refractivity contribution in [2.75, 3.05) is 72.7 Å². The summed E-state index contributed by atoms with van der Waals surface area (Å²) in [4.78, 5) is 10.1. The van der Waals surface area contributed by atoms with Crippen LogP contribution in [0.25, 0.3) is 0 Å². The fraction of sp³-hybridized carbons (Fsp3) is 0.917. The third-order valence-electron chi connectivity index (χ3n) is 1.94. The molecule has 1 N–H and O–H groups in total. The summed E-state index contributed by atoms with van der Waals surface area (Å²) >= 11 is 0. The summed E-state index contributed by atoms with van der Waals surface area (Å²) in [6, 6.07) is 0. The van der Waals surface area contributed by atoms with Crippen LogP contribution in [0.4, 0.5) is 4.39 Å². The lowest BCUT2D eigenvalue weighted by molar-refractivity contribution is -0.142. The van der Waals surface area contributed by atoms with Crippen molar-refractivity contribution >= 4 is 5.97 Å². The zero-order valence-electron chi connectivity index (χ0n) is 11.6. The summed E-state index contributed by atoms with van der Waals surface area (Å²) in [7, 11) is 0. The molecule has 0 aliphatic rings. The van der Waals surface area contributed by atoms with E-state index in [4.69, 9.17) is 28.8 Å². The second kappa shape index (κ2) is 16.3. The number of carbonyl (C=O) groups is 1. The number of rotatable bonds is 16. The molecule has 0 bridgehead atoms. The van der Waals surface area contributed by atoms with Gasteiger partial charge in [-0.3, -0.25) is 0 Å². The summed E-state index contributed by atoms with van der Waals surface area (Å²) < 4.78 is 36.8. The SMILES string of the molecule is O=C(O)COCCOCCOCCOCCOCCF. The van der Waals surface area contributed by atoms with Crippen molar-refractivity contribution < 1.29 is 38.0 Å². The molecule has 0 aromatic carbocycles. The van der Waals surface area contributed by atoms with Gasteiger partial charge in [0.25, 0.3) is 0 Å². The number of halogens is 1. The van der Waals surface area contributed by atoms with Crippen molar-refractivity contribution in [3.05, 3.63) is 0 Å². The van der Waals surface area contributed by atoms with Crippen LogP contribution in [0.2, 0.25) is 0 Å². The van der Waals surface area contributed by atoms with Crippen molar-refractivity contribution in [3.8, 4) is 0 Å². The van der Waals surface area contributed by atoms with Gasteiger partial charge in [-0.25, -0.2) is 9.18 Å². The van der Waals surface area contributed by atoms with Gasteiger partial charge >= 0.3 is 5.97 Å². The van der Waals surface area contributed by atoms with Crippen molar-refractivity contribution in [1.82, 2.24) is 0 Å². The van der Waals surface area contributed by atoms with Crippen molar-refractivity contribution in [2.45, 2.75) is 0 Å². The molecule has 0 unspecified atom stereocenters. The topological polar surface area (TPSA) is 83.5 Å². The zero-order valence-corrected chi connectivity index (χ0v) is 11.6. The molecule has 8 heteroatoms. The molecular formula is C12H23FO7. The van der Waals surface area contributed by atoms with E-state index in [2.05, 4.69) is 0 Å². The van der Waals surface area contributed by atoms with Gasteiger partial charge in [-0.05, 0) is 0 Å². The molecule has 0 radical (unpaired) electrons. The lowest BCUT2D eigenvalue weighted by atomic mass is 10.7. The van der Waals surface area contributed by atoms with Crippen LogP contribution in [-0.2, 0) is 28.5 Å². The Hall–Kier alpha value is -0.800. The lowest BCUT2D eigenvalue weighted by Crippen LogP contribution is -2.14. The summed E-state index contributed by atoms with van der Waals surface area (Å²) in [5, 5.41) is 8.30. The first-order valence-electron chi connectivity index (χ1n) is 6.44. The van der Waals surface area contributed by atoms with E-state index in [1.54, 1.807) is 0 Å². The quantitative estimate of drug-likeness (QED) is 0.405. The molecule has 0 spiro atoms. The maximum atomic E-state index is 11.6. The third kappa shape index (κ3) is 17.2. The highest BCUT2D eigenvalue weighted by Crippen LogP contribution is 1.84. The number of aliphatic carboxylic acids is 1. The van der Waals surface area contributed by atoms with E-state index in [1.165, 1.54) is 0 Å². The van der Waals surface area contributed by atoms with Crippen LogP contribution < -0.4 is 0 Å². The van der Waals surface area contributed by atoms with Gasteiger partial charge < -0.3 is 28.8 Å². The van der Waals surface area contributed by atoms with Gasteiger partial charge in [0.1, 0.15) is 13.3 Å². The van der Waals surface area contributed by atoms with Crippen LogP contribution in [0.1, 0.15) is 0 Å². The van der Waals surface area contributed by atoms with E-state index in [9.17, 15) is 9.18 Å². The Morgan fingerprint density at radius 1 is 0.700 bits per heavy atom. The standard InChI is InChI=1S/C12H23FO7/c13-1-2-16-3-4-17-5-6-18-7-8-19-9-10-20-11-12(14)15/h1-11H2,(H,14,15). The number of carboxylic acids is 1. The van der Waals surface area contributed by atoms with Crippen LogP contribution in [0, 0.1) is 0 Å². The third-order valence-corrected chi connectivity index (χ3v) is 1.94. The average Bonchev–Trinajstić information content (AvgIpc) is 2.43. The summed E-state index contributed by atoms with van der Waals surface area (Å²) in [6.07, 6.45) is 0. The van der Waals surface area contributed by atoms with Crippen LogP contribution in [-0.4, -0.2) is 83.8 Å². The van der Waals surface area contributed by atoms with Gasteiger partial charge in [0, 0.05) is 0 Å². The number of ether oxygens (including phenoxy) is 5. The second-order valence-electron chi connectivity index (χ2n) is 3.58. The molecule has 0 aromatic rings. The molecular weight excluding hydrogens is 275 g/mol. The molecule has 0 aliphatic carbocycles. The first-order valence-corrected chi connectivity index (χ1v) is 6.44. The van der Waals surface area contributed by atoms with Crippen molar-refractivity contribution in [3.63, 3.8) is 0 Å². The summed E-state index contributed by atoms with van der Waals surface area (Å²) in [5.74, 6) is -0.997. The average molecular weight is 298 g/mol. The van der Waals surface area contributed by atoms with E-state index >= 15 is 0 Å². The van der Waals surface area contributed by atoms with E-state index in [1.807, 2.05) is 0 Å². The van der Waals surface area contributed by atoms with Crippen molar-refractivity contribution in [1.29, 1.82) is 0 Å². The Bertz CT molecular complexity index is 216. The largest absolute Gasteiger partial charge is 0.480 e. The fourth-order valence-corrected chi connectivity index (χ4v) is 1.09. The van der Waals surface area contributed by atoms with Gasteiger partial charge in [0.05, 0.1) is 59.5 Å². The maximum Gasteiger partial charge on any atom is 0.329 e. The molecule has 0 amide bonds. The molecule has 7 nitrogen and oxygen atoms in total. The predicted molar refractivity (Wildman–Crippen MR) is 67.7 cm³/mol. The zero-order chi connectivity index (χ0) is 14.9. The van der Waals surface area contributed by atoms with Crippen LogP contribution in [0.3, 0.4) is 0 Å². The highest BCUT2D eigenvalue weighted by atomic mass is 19.1. The normalized spacial score (nSPS) is 10.8. The van der Waals surface area contributed by atoms with E-state index < -0.39 is 12.6 Å². The second-order valence-corrected chi connectivity index (χ2v) is 3.58. The molecule has 0 rings (SSSR count). The van der Waals surface area contributed by atoms with E-state index in [0.717, 1.165) is 0 Å². The van der Waals surface area contributed by atoms with Gasteiger partial charge in [0.15, 0.2) is 0 Å². The van der Waals surface area contributed by atoms with E-state index in [0.29, 0.717) is 46.2 Å². The van der Waals surface area contributed by atoms with Crippen molar-refractivity contribution in [2.24, 2.45) is 0 Å². The molecule has 0 aromatic heterocycles. The first-order chi connectivity index (χ1) is 9.77. The van der Waals surface area contributed by atoms with E-state index in [-0.39, 0.29) is 19.8 Å². The Labute approximate surface area is 117 Å². The number of alkyl halides is 1. The number of hydrogen-bond acceptors (Lipinski definition) is 6. The minimum absolute atomic E-state index is 0.105. The molecule has 120 valence electrons. The first kappa shape index (κ1) is 19.2. The summed E-state index contributed by atoms with van der Waals surface area (Å²) in [6.45, 7) is 2.42. The summed E-state index contributed by atoms with van der Waals surface area (Å²) in [5.41, 5.74) is 0. The highest BCUT2D eigenvalue weighted by Gasteiger charge is 1.96. The van der Waals surface area contributed by atoms with Crippen LogP contribution >= 0.6 is 0 Å². The predicted octanol–water partition coefficient (Wildman–Crippen LogP) is 0.124. The molecule has 0 aliphatic heterocycles.